The number of rotatable bonds is 7. The lowest BCUT2D eigenvalue weighted by Gasteiger charge is -2.26. The first-order valence-corrected chi connectivity index (χ1v) is 12.8. The van der Waals surface area contributed by atoms with E-state index in [1.807, 2.05) is 4.90 Å². The largest absolute Gasteiger partial charge is 0.413 e. The number of hydrogen-bond donors (Lipinski definition) is 2. The number of carbonyl (C=O) groups excluding carboxylic acids is 1. The van der Waals surface area contributed by atoms with Crippen LogP contribution in [0.4, 0.5) is 19.4 Å². The van der Waals surface area contributed by atoms with Crippen molar-refractivity contribution in [3.8, 4) is 5.75 Å². The van der Waals surface area contributed by atoms with Gasteiger partial charge in [0, 0.05) is 24.8 Å². The van der Waals surface area contributed by atoms with E-state index in [2.05, 4.69) is 20.1 Å². The monoisotopic (exact) mass is 508 g/mol. The van der Waals surface area contributed by atoms with Gasteiger partial charge in [0.05, 0.1) is 24.0 Å². The lowest BCUT2D eigenvalue weighted by Crippen LogP contribution is -2.52. The number of aromatic nitrogens is 3. The van der Waals surface area contributed by atoms with Gasteiger partial charge in [0.2, 0.25) is 15.7 Å². The minimum absolute atomic E-state index is 0.0366. The summed E-state index contributed by atoms with van der Waals surface area (Å²) in [6.07, 6.45) is 4.59. The topological polar surface area (TPSA) is 118 Å². The van der Waals surface area contributed by atoms with E-state index >= 15 is 0 Å². The van der Waals surface area contributed by atoms with Crippen molar-refractivity contribution in [3.05, 3.63) is 53.9 Å². The summed E-state index contributed by atoms with van der Waals surface area (Å²) in [6.45, 7) is 3.83. The van der Waals surface area contributed by atoms with Crippen molar-refractivity contribution in [2.24, 2.45) is 0 Å². The number of sulfonamides is 1. The fraction of sp³-hybridized carbons (Fsp3) is 0.409. The van der Waals surface area contributed by atoms with Gasteiger partial charge in [-0.3, -0.25) is 0 Å². The molecule has 0 unspecified atom stereocenters. The van der Waals surface area contributed by atoms with Crippen molar-refractivity contribution in [1.29, 1.82) is 0 Å². The standard InChI is InChI=1S/C22H26F2N6O4S/c1-22(2,13-26-35(3,32)33)28-21(31)34-18-12-25-30-10-8-19(27-20(18)30)29-9-4-5-17(29)15-11-14(23)6-7-16(15)24/h6-8,10-12,17,26H,4-5,9,13H2,1-3H3,(H,28,31)/t17-/m1/s1. The third-order valence-electron chi connectivity index (χ3n) is 5.61. The van der Waals surface area contributed by atoms with Crippen LogP contribution < -0.4 is 19.7 Å². The van der Waals surface area contributed by atoms with Crippen molar-refractivity contribution in [2.45, 2.75) is 38.3 Å². The minimum Gasteiger partial charge on any atom is -0.405 e. The van der Waals surface area contributed by atoms with Crippen LogP contribution in [-0.2, 0) is 10.0 Å². The van der Waals surface area contributed by atoms with Crippen LogP contribution in [0.5, 0.6) is 5.75 Å². The van der Waals surface area contributed by atoms with Gasteiger partial charge in [-0.2, -0.15) is 5.10 Å². The number of ether oxygens (including phenoxy) is 1. The smallest absolute Gasteiger partial charge is 0.405 e. The molecule has 10 nitrogen and oxygen atoms in total. The third kappa shape index (κ3) is 5.85. The van der Waals surface area contributed by atoms with Gasteiger partial charge in [-0.1, -0.05) is 0 Å². The number of nitrogens with zero attached hydrogens (tertiary/aromatic N) is 4. The van der Waals surface area contributed by atoms with Crippen LogP contribution >= 0.6 is 0 Å². The van der Waals surface area contributed by atoms with Crippen LogP contribution in [0.3, 0.4) is 0 Å². The summed E-state index contributed by atoms with van der Waals surface area (Å²) in [5, 5.41) is 6.74. The van der Waals surface area contributed by atoms with Gasteiger partial charge in [0.1, 0.15) is 17.5 Å². The quantitative estimate of drug-likeness (QED) is 0.504. The van der Waals surface area contributed by atoms with E-state index in [9.17, 15) is 22.0 Å². The molecule has 0 aliphatic carbocycles. The highest BCUT2D eigenvalue weighted by Crippen LogP contribution is 2.37. The van der Waals surface area contributed by atoms with Gasteiger partial charge in [-0.25, -0.2) is 36.2 Å². The highest BCUT2D eigenvalue weighted by Gasteiger charge is 2.30. The van der Waals surface area contributed by atoms with Crippen LogP contribution in [0.15, 0.2) is 36.7 Å². The lowest BCUT2D eigenvalue weighted by molar-refractivity contribution is 0.189. The average Bonchev–Trinajstić information content (AvgIpc) is 3.40. The molecular weight excluding hydrogens is 482 g/mol. The highest BCUT2D eigenvalue weighted by molar-refractivity contribution is 7.88. The number of halogens is 2. The molecule has 1 amide bonds. The zero-order valence-electron chi connectivity index (χ0n) is 19.5. The lowest BCUT2D eigenvalue weighted by atomic mass is 10.0. The molecule has 13 heteroatoms. The SMILES string of the molecule is CC(C)(CNS(C)(=O)=O)NC(=O)Oc1cnn2ccc(N3CCC[C@@H]3c3cc(F)ccc3F)nc12. The van der Waals surface area contributed by atoms with Gasteiger partial charge in [-0.05, 0) is 51.0 Å². The molecule has 1 aromatic carbocycles. The maximum atomic E-state index is 14.4. The van der Waals surface area contributed by atoms with Gasteiger partial charge >= 0.3 is 6.09 Å². The second-order valence-electron chi connectivity index (χ2n) is 9.07. The summed E-state index contributed by atoms with van der Waals surface area (Å²) in [5.41, 5.74) is -0.409. The first-order valence-electron chi connectivity index (χ1n) is 10.9. The Labute approximate surface area is 201 Å². The van der Waals surface area contributed by atoms with Crippen molar-refractivity contribution in [1.82, 2.24) is 24.6 Å². The summed E-state index contributed by atoms with van der Waals surface area (Å²) in [6, 6.07) is 4.72. The number of nitrogens with one attached hydrogen (secondary N) is 2. The molecule has 3 heterocycles. The Hall–Kier alpha value is -3.32. The molecular formula is C22H26F2N6O4S. The van der Waals surface area contributed by atoms with Crippen LogP contribution in [0.1, 0.15) is 38.3 Å². The molecule has 0 spiro atoms. The van der Waals surface area contributed by atoms with Crippen LogP contribution in [0, 0.1) is 11.6 Å². The van der Waals surface area contributed by atoms with Gasteiger partial charge < -0.3 is 15.0 Å². The number of hydrogen-bond acceptors (Lipinski definition) is 7. The van der Waals surface area contributed by atoms with E-state index in [0.29, 0.717) is 18.8 Å². The Morgan fingerprint density at radius 2 is 2.06 bits per heavy atom. The molecule has 0 saturated carbocycles. The third-order valence-corrected chi connectivity index (χ3v) is 6.27. The van der Waals surface area contributed by atoms with E-state index in [1.54, 1.807) is 26.1 Å². The molecule has 2 aromatic heterocycles. The van der Waals surface area contributed by atoms with Gasteiger partial charge in [0.15, 0.2) is 5.75 Å². The molecule has 1 aliphatic heterocycles. The number of fused-ring (bicyclic) bond motifs is 1. The molecule has 3 aromatic rings. The van der Waals surface area contributed by atoms with Crippen LogP contribution in [-0.4, -0.2) is 54.0 Å². The molecule has 0 radical (unpaired) electrons. The highest BCUT2D eigenvalue weighted by atomic mass is 32.2. The second-order valence-corrected chi connectivity index (χ2v) is 10.9. The zero-order valence-corrected chi connectivity index (χ0v) is 20.3. The van der Waals surface area contributed by atoms with E-state index in [0.717, 1.165) is 24.8 Å². The summed E-state index contributed by atoms with van der Waals surface area (Å²) in [5.74, 6) is -0.401. The predicted octanol–water partition coefficient (Wildman–Crippen LogP) is 2.77. The molecule has 1 atom stereocenters. The second kappa shape index (κ2) is 9.38. The van der Waals surface area contributed by atoms with Crippen molar-refractivity contribution >= 4 is 27.6 Å². The maximum absolute atomic E-state index is 14.4. The van der Waals surface area contributed by atoms with Crippen LogP contribution in [0.2, 0.25) is 0 Å². The van der Waals surface area contributed by atoms with Crippen LogP contribution in [0.25, 0.3) is 5.65 Å². The molecule has 35 heavy (non-hydrogen) atoms. The minimum atomic E-state index is -3.43. The first kappa shape index (κ1) is 24.8. The summed E-state index contributed by atoms with van der Waals surface area (Å²) in [7, 11) is -3.43. The van der Waals surface area contributed by atoms with Gasteiger partial charge in [0.25, 0.3) is 0 Å². The van der Waals surface area contributed by atoms with Crippen molar-refractivity contribution in [3.63, 3.8) is 0 Å². The molecule has 2 N–H and O–H groups in total. The Bertz CT molecular complexity index is 1360. The maximum Gasteiger partial charge on any atom is 0.413 e. The molecule has 188 valence electrons. The number of amides is 1. The number of benzene rings is 1. The summed E-state index contributed by atoms with van der Waals surface area (Å²) < 4.78 is 60.1. The number of carbonyl (C=O) groups is 1. The van der Waals surface area contributed by atoms with E-state index in [1.165, 1.54) is 16.8 Å². The van der Waals surface area contributed by atoms with E-state index in [-0.39, 0.29) is 29.5 Å². The normalized spacial score (nSPS) is 16.6. The van der Waals surface area contributed by atoms with Crippen molar-refractivity contribution < 1.29 is 26.7 Å². The number of anilines is 1. The Kier molecular flexibility index (Phi) is 6.64. The van der Waals surface area contributed by atoms with Crippen molar-refractivity contribution in [2.75, 3.05) is 24.2 Å². The molecule has 1 saturated heterocycles. The zero-order chi connectivity index (χ0) is 25.4. The summed E-state index contributed by atoms with van der Waals surface area (Å²) in [4.78, 5) is 18.9. The predicted molar refractivity (Wildman–Crippen MR) is 125 cm³/mol. The fourth-order valence-electron chi connectivity index (χ4n) is 3.96. The summed E-state index contributed by atoms with van der Waals surface area (Å²) >= 11 is 0. The van der Waals surface area contributed by atoms with E-state index < -0.39 is 33.3 Å². The fourth-order valence-corrected chi connectivity index (χ4v) is 4.59. The Morgan fingerprint density at radius 3 is 2.80 bits per heavy atom. The average molecular weight is 509 g/mol. The van der Waals surface area contributed by atoms with E-state index in [4.69, 9.17) is 4.74 Å². The Balaban J connectivity index is 1.54. The first-order chi connectivity index (χ1) is 16.4. The molecule has 4 rings (SSSR count). The molecule has 0 bridgehead atoms. The molecule has 1 fully saturated rings. The molecule has 1 aliphatic rings. The Morgan fingerprint density at radius 1 is 1.29 bits per heavy atom. The van der Waals surface area contributed by atoms with Gasteiger partial charge in [-0.15, -0.1) is 0 Å².